The van der Waals surface area contributed by atoms with Crippen molar-refractivity contribution < 1.29 is 17.6 Å². The SMILES string of the molecule is Cc1ccc(CN(Cc2ccco2)c2cnc(S(C)(=O)=O)nc2C(=O)Nc2cccc(Cl)c2)cc1. The lowest BCUT2D eigenvalue weighted by atomic mass is 10.1. The summed E-state index contributed by atoms with van der Waals surface area (Å²) in [5.41, 5.74) is 2.82. The van der Waals surface area contributed by atoms with Gasteiger partial charge in [-0.3, -0.25) is 4.79 Å². The highest BCUT2D eigenvalue weighted by molar-refractivity contribution is 7.90. The summed E-state index contributed by atoms with van der Waals surface area (Å²) in [6, 6.07) is 18.2. The van der Waals surface area contributed by atoms with Crippen molar-refractivity contribution in [2.75, 3.05) is 16.5 Å². The zero-order valence-electron chi connectivity index (χ0n) is 19.1. The molecule has 2 aromatic heterocycles. The summed E-state index contributed by atoms with van der Waals surface area (Å²) >= 11 is 6.05. The van der Waals surface area contributed by atoms with Crippen LogP contribution in [0.5, 0.6) is 0 Å². The lowest BCUT2D eigenvalue weighted by molar-refractivity contribution is 0.102. The maximum atomic E-state index is 13.3. The fraction of sp³-hybridized carbons (Fsp3) is 0.160. The number of hydrogen-bond donors (Lipinski definition) is 1. The van der Waals surface area contributed by atoms with Crippen LogP contribution >= 0.6 is 11.6 Å². The van der Waals surface area contributed by atoms with Gasteiger partial charge in [0.15, 0.2) is 5.69 Å². The number of carbonyl (C=O) groups is 1. The van der Waals surface area contributed by atoms with Crippen molar-refractivity contribution in [3.63, 3.8) is 0 Å². The molecular weight excluding hydrogens is 488 g/mol. The highest BCUT2D eigenvalue weighted by atomic mass is 35.5. The number of rotatable bonds is 8. The summed E-state index contributed by atoms with van der Waals surface area (Å²) < 4.78 is 29.9. The Hall–Kier alpha value is -3.69. The molecule has 2 aromatic carbocycles. The van der Waals surface area contributed by atoms with E-state index in [0.29, 0.717) is 35.2 Å². The number of furan rings is 1. The molecule has 0 atom stereocenters. The third-order valence-electron chi connectivity index (χ3n) is 5.14. The Bertz CT molecular complexity index is 1440. The maximum absolute atomic E-state index is 13.3. The lowest BCUT2D eigenvalue weighted by Crippen LogP contribution is -2.27. The zero-order chi connectivity index (χ0) is 25.0. The van der Waals surface area contributed by atoms with Gasteiger partial charge in [0.2, 0.25) is 15.0 Å². The number of amides is 1. The summed E-state index contributed by atoms with van der Waals surface area (Å²) in [6.07, 6.45) is 3.91. The number of carbonyl (C=O) groups excluding carboxylic acids is 1. The fourth-order valence-electron chi connectivity index (χ4n) is 3.42. The summed E-state index contributed by atoms with van der Waals surface area (Å²) in [5, 5.41) is 2.75. The van der Waals surface area contributed by atoms with Gasteiger partial charge in [0.25, 0.3) is 5.91 Å². The largest absolute Gasteiger partial charge is 0.467 e. The third kappa shape index (κ3) is 6.26. The van der Waals surface area contributed by atoms with E-state index in [0.717, 1.165) is 17.4 Å². The van der Waals surface area contributed by atoms with Crippen LogP contribution in [0.4, 0.5) is 11.4 Å². The second-order valence-corrected chi connectivity index (χ2v) is 10.4. The number of anilines is 2. The van der Waals surface area contributed by atoms with Crippen LogP contribution < -0.4 is 10.2 Å². The molecule has 0 spiro atoms. The molecule has 8 nitrogen and oxygen atoms in total. The Labute approximate surface area is 208 Å². The molecule has 35 heavy (non-hydrogen) atoms. The molecule has 0 aliphatic carbocycles. The van der Waals surface area contributed by atoms with E-state index in [1.165, 1.54) is 6.20 Å². The Morgan fingerprint density at radius 2 is 1.86 bits per heavy atom. The van der Waals surface area contributed by atoms with E-state index < -0.39 is 20.9 Å². The number of sulfone groups is 1. The Morgan fingerprint density at radius 1 is 1.09 bits per heavy atom. The summed E-state index contributed by atoms with van der Waals surface area (Å²) in [4.78, 5) is 23.4. The normalized spacial score (nSPS) is 11.3. The van der Waals surface area contributed by atoms with Gasteiger partial charge >= 0.3 is 0 Å². The predicted molar refractivity (Wildman–Crippen MR) is 134 cm³/mol. The van der Waals surface area contributed by atoms with Crippen molar-refractivity contribution in [1.29, 1.82) is 0 Å². The van der Waals surface area contributed by atoms with E-state index >= 15 is 0 Å². The highest BCUT2D eigenvalue weighted by Gasteiger charge is 2.24. The first-order valence-corrected chi connectivity index (χ1v) is 12.9. The highest BCUT2D eigenvalue weighted by Crippen LogP contribution is 2.26. The average molecular weight is 511 g/mol. The number of halogens is 1. The van der Waals surface area contributed by atoms with E-state index in [2.05, 4.69) is 15.3 Å². The monoisotopic (exact) mass is 510 g/mol. The first kappa shape index (κ1) is 24.4. The molecule has 0 bridgehead atoms. The smallest absolute Gasteiger partial charge is 0.276 e. The van der Waals surface area contributed by atoms with Crippen LogP contribution in [0.15, 0.2) is 82.7 Å². The molecule has 10 heteroatoms. The second kappa shape index (κ2) is 10.3. The van der Waals surface area contributed by atoms with Crippen LogP contribution in [0.2, 0.25) is 5.02 Å². The van der Waals surface area contributed by atoms with Gasteiger partial charge in [-0.15, -0.1) is 0 Å². The van der Waals surface area contributed by atoms with E-state index in [1.54, 1.807) is 36.6 Å². The van der Waals surface area contributed by atoms with Gasteiger partial charge in [0, 0.05) is 23.5 Å². The number of benzene rings is 2. The summed E-state index contributed by atoms with van der Waals surface area (Å²) in [6.45, 7) is 2.71. The summed E-state index contributed by atoms with van der Waals surface area (Å²) in [7, 11) is -3.75. The van der Waals surface area contributed by atoms with Crippen LogP contribution in [-0.2, 0) is 22.9 Å². The van der Waals surface area contributed by atoms with Crippen LogP contribution in [-0.4, -0.2) is 30.5 Å². The average Bonchev–Trinajstić information content (AvgIpc) is 3.32. The second-order valence-electron chi connectivity index (χ2n) is 8.04. The molecule has 0 unspecified atom stereocenters. The Balaban J connectivity index is 1.78. The molecule has 4 aromatic rings. The maximum Gasteiger partial charge on any atom is 0.276 e. The summed E-state index contributed by atoms with van der Waals surface area (Å²) in [5.74, 6) is 0.0634. The minimum absolute atomic E-state index is 0.0842. The van der Waals surface area contributed by atoms with Gasteiger partial charge in [-0.05, 0) is 42.8 Å². The van der Waals surface area contributed by atoms with Gasteiger partial charge in [0.05, 0.1) is 24.7 Å². The first-order valence-electron chi connectivity index (χ1n) is 10.7. The van der Waals surface area contributed by atoms with Crippen LogP contribution in [0.1, 0.15) is 27.4 Å². The molecule has 180 valence electrons. The van der Waals surface area contributed by atoms with E-state index in [1.807, 2.05) is 42.2 Å². The lowest BCUT2D eigenvalue weighted by Gasteiger charge is -2.25. The Morgan fingerprint density at radius 3 is 2.51 bits per heavy atom. The number of aromatic nitrogens is 2. The molecule has 2 heterocycles. The van der Waals surface area contributed by atoms with Gasteiger partial charge in [0.1, 0.15) is 5.76 Å². The Kier molecular flexibility index (Phi) is 7.18. The minimum atomic E-state index is -3.75. The van der Waals surface area contributed by atoms with Crippen molar-refractivity contribution in [1.82, 2.24) is 9.97 Å². The predicted octanol–water partition coefficient (Wildman–Crippen LogP) is 4.89. The van der Waals surface area contributed by atoms with Crippen molar-refractivity contribution >= 4 is 38.7 Å². The topological polar surface area (TPSA) is 105 Å². The van der Waals surface area contributed by atoms with Gasteiger partial charge in [-0.25, -0.2) is 18.4 Å². The van der Waals surface area contributed by atoms with Crippen LogP contribution in [0, 0.1) is 6.92 Å². The molecule has 0 aliphatic rings. The van der Waals surface area contributed by atoms with Gasteiger partial charge < -0.3 is 14.6 Å². The van der Waals surface area contributed by atoms with Gasteiger partial charge in [-0.1, -0.05) is 47.5 Å². The van der Waals surface area contributed by atoms with Crippen molar-refractivity contribution in [3.8, 4) is 0 Å². The molecular formula is C25H23ClN4O4S. The number of nitrogens with zero attached hydrogens (tertiary/aromatic N) is 3. The molecule has 4 rings (SSSR count). The first-order chi connectivity index (χ1) is 16.7. The van der Waals surface area contributed by atoms with Crippen molar-refractivity contribution in [2.45, 2.75) is 25.2 Å². The zero-order valence-corrected chi connectivity index (χ0v) is 20.7. The molecule has 0 fully saturated rings. The molecule has 0 aliphatic heterocycles. The molecule has 0 saturated carbocycles. The number of aryl methyl sites for hydroxylation is 1. The van der Waals surface area contributed by atoms with Gasteiger partial charge in [-0.2, -0.15) is 0 Å². The van der Waals surface area contributed by atoms with E-state index in [9.17, 15) is 13.2 Å². The van der Waals surface area contributed by atoms with E-state index in [-0.39, 0.29) is 5.69 Å². The molecule has 0 saturated heterocycles. The molecule has 0 radical (unpaired) electrons. The number of nitrogens with one attached hydrogen (secondary N) is 1. The van der Waals surface area contributed by atoms with E-state index in [4.69, 9.17) is 16.0 Å². The van der Waals surface area contributed by atoms with Crippen molar-refractivity contribution in [2.24, 2.45) is 0 Å². The van der Waals surface area contributed by atoms with Crippen LogP contribution in [0.3, 0.4) is 0 Å². The standard InChI is InChI=1S/C25H23ClN4O4S/c1-17-8-10-18(11-9-17)15-30(16-21-7-4-12-34-21)22-14-27-25(35(2,32)33)29-23(22)24(31)28-20-6-3-5-19(26)13-20/h3-14H,15-16H2,1-2H3,(H,28,31). The number of hydrogen-bond acceptors (Lipinski definition) is 7. The minimum Gasteiger partial charge on any atom is -0.467 e. The quantitative estimate of drug-likeness (QED) is 0.336. The fourth-order valence-corrected chi connectivity index (χ4v) is 4.12. The van der Waals surface area contributed by atoms with Crippen molar-refractivity contribution in [3.05, 3.63) is 101 Å². The van der Waals surface area contributed by atoms with Crippen LogP contribution in [0.25, 0.3) is 0 Å². The third-order valence-corrected chi connectivity index (χ3v) is 6.23. The molecule has 1 amide bonds. The molecule has 1 N–H and O–H groups in total.